The smallest absolute Gasteiger partial charge is 0.103 e. The number of aliphatic hydroxyl groups is 1. The third-order valence-corrected chi connectivity index (χ3v) is 2.77. The SMILES string of the molecule is CCC[NH+](CCO)Cc1ccccc1C. The fourth-order valence-corrected chi connectivity index (χ4v) is 1.89. The summed E-state index contributed by atoms with van der Waals surface area (Å²) in [7, 11) is 0. The molecule has 0 aliphatic heterocycles. The van der Waals surface area contributed by atoms with Crippen LogP contribution in [0.2, 0.25) is 0 Å². The van der Waals surface area contributed by atoms with Crippen molar-refractivity contribution in [2.24, 2.45) is 0 Å². The molecule has 15 heavy (non-hydrogen) atoms. The minimum atomic E-state index is 0.279. The Balaban J connectivity index is 2.60. The minimum absolute atomic E-state index is 0.279. The average molecular weight is 208 g/mol. The van der Waals surface area contributed by atoms with E-state index in [9.17, 15) is 0 Å². The van der Waals surface area contributed by atoms with Crippen LogP contribution in [0.15, 0.2) is 24.3 Å². The summed E-state index contributed by atoms with van der Waals surface area (Å²) in [5.74, 6) is 0. The van der Waals surface area contributed by atoms with Crippen molar-refractivity contribution < 1.29 is 10.0 Å². The first-order valence-corrected chi connectivity index (χ1v) is 5.76. The average Bonchev–Trinajstić information content (AvgIpc) is 2.22. The van der Waals surface area contributed by atoms with E-state index in [0.29, 0.717) is 0 Å². The molecule has 0 aliphatic carbocycles. The maximum Gasteiger partial charge on any atom is 0.103 e. The Morgan fingerprint density at radius 2 is 1.93 bits per heavy atom. The van der Waals surface area contributed by atoms with Crippen LogP contribution in [-0.2, 0) is 6.54 Å². The van der Waals surface area contributed by atoms with Gasteiger partial charge >= 0.3 is 0 Å². The summed E-state index contributed by atoms with van der Waals surface area (Å²) >= 11 is 0. The van der Waals surface area contributed by atoms with Gasteiger partial charge in [-0.25, -0.2) is 0 Å². The van der Waals surface area contributed by atoms with Gasteiger partial charge in [0.25, 0.3) is 0 Å². The second-order valence-electron chi connectivity index (χ2n) is 4.08. The fraction of sp³-hybridized carbons (Fsp3) is 0.538. The van der Waals surface area contributed by atoms with Gasteiger partial charge < -0.3 is 10.0 Å². The van der Waals surface area contributed by atoms with Gasteiger partial charge in [0, 0.05) is 5.56 Å². The molecule has 0 fully saturated rings. The van der Waals surface area contributed by atoms with Gasteiger partial charge in [0.2, 0.25) is 0 Å². The topological polar surface area (TPSA) is 24.7 Å². The number of hydrogen-bond donors (Lipinski definition) is 2. The molecule has 0 radical (unpaired) electrons. The van der Waals surface area contributed by atoms with Crippen LogP contribution in [-0.4, -0.2) is 24.8 Å². The Morgan fingerprint density at radius 1 is 1.20 bits per heavy atom. The van der Waals surface area contributed by atoms with E-state index in [1.165, 1.54) is 22.4 Å². The first-order chi connectivity index (χ1) is 7.27. The second-order valence-corrected chi connectivity index (χ2v) is 4.08. The molecule has 0 saturated heterocycles. The molecule has 1 unspecified atom stereocenters. The Labute approximate surface area is 92.5 Å². The third-order valence-electron chi connectivity index (χ3n) is 2.77. The predicted octanol–water partition coefficient (Wildman–Crippen LogP) is 0.782. The van der Waals surface area contributed by atoms with Gasteiger partial charge in [-0.3, -0.25) is 0 Å². The van der Waals surface area contributed by atoms with E-state index in [1.807, 2.05) is 0 Å². The number of aliphatic hydroxyl groups excluding tert-OH is 1. The summed E-state index contributed by atoms with van der Waals surface area (Å²) in [5.41, 5.74) is 2.75. The maximum atomic E-state index is 8.99. The summed E-state index contributed by atoms with van der Waals surface area (Å²) < 4.78 is 0. The van der Waals surface area contributed by atoms with Crippen molar-refractivity contribution in [1.29, 1.82) is 0 Å². The lowest BCUT2D eigenvalue weighted by Crippen LogP contribution is -3.11. The highest BCUT2D eigenvalue weighted by Gasteiger charge is 2.08. The second kappa shape index (κ2) is 6.59. The van der Waals surface area contributed by atoms with Gasteiger partial charge in [-0.05, 0) is 18.9 Å². The standard InChI is InChI=1S/C13H21NO/c1-3-8-14(9-10-15)11-13-7-5-4-6-12(13)2/h4-7,15H,3,8-11H2,1-2H3/p+1. The lowest BCUT2D eigenvalue weighted by molar-refractivity contribution is -0.914. The van der Waals surface area contributed by atoms with Crippen LogP contribution in [0.25, 0.3) is 0 Å². The summed E-state index contributed by atoms with van der Waals surface area (Å²) in [4.78, 5) is 1.47. The Bertz CT molecular complexity index is 280. The monoisotopic (exact) mass is 208 g/mol. The molecule has 0 aliphatic rings. The molecule has 0 bridgehead atoms. The van der Waals surface area contributed by atoms with E-state index in [0.717, 1.165) is 19.6 Å². The van der Waals surface area contributed by atoms with E-state index in [1.54, 1.807) is 0 Å². The highest BCUT2D eigenvalue weighted by Crippen LogP contribution is 2.04. The first-order valence-electron chi connectivity index (χ1n) is 5.76. The Hall–Kier alpha value is -0.860. The van der Waals surface area contributed by atoms with Crippen LogP contribution in [0.1, 0.15) is 24.5 Å². The molecule has 84 valence electrons. The molecular weight excluding hydrogens is 186 g/mol. The van der Waals surface area contributed by atoms with Crippen LogP contribution in [0, 0.1) is 6.92 Å². The molecule has 0 heterocycles. The van der Waals surface area contributed by atoms with Crippen LogP contribution in [0.4, 0.5) is 0 Å². The molecule has 1 aromatic carbocycles. The van der Waals surface area contributed by atoms with E-state index >= 15 is 0 Å². The molecule has 0 saturated carbocycles. The van der Waals surface area contributed by atoms with Crippen molar-refractivity contribution >= 4 is 0 Å². The van der Waals surface area contributed by atoms with E-state index in [-0.39, 0.29) is 6.61 Å². The van der Waals surface area contributed by atoms with Gasteiger partial charge in [-0.15, -0.1) is 0 Å². The van der Waals surface area contributed by atoms with Crippen LogP contribution in [0.5, 0.6) is 0 Å². The van der Waals surface area contributed by atoms with E-state index in [2.05, 4.69) is 38.1 Å². The Morgan fingerprint density at radius 3 is 2.53 bits per heavy atom. The summed E-state index contributed by atoms with van der Waals surface area (Å²) in [5, 5.41) is 8.99. The molecule has 0 amide bonds. The third kappa shape index (κ3) is 4.02. The first kappa shape index (κ1) is 12.2. The largest absolute Gasteiger partial charge is 0.391 e. The molecule has 2 heteroatoms. The van der Waals surface area contributed by atoms with Crippen LogP contribution < -0.4 is 4.90 Å². The summed E-state index contributed by atoms with van der Waals surface area (Å²) in [6, 6.07) is 8.50. The van der Waals surface area contributed by atoms with Gasteiger partial charge in [0.1, 0.15) is 13.1 Å². The quantitative estimate of drug-likeness (QED) is 0.709. The highest BCUT2D eigenvalue weighted by molar-refractivity contribution is 5.24. The highest BCUT2D eigenvalue weighted by atomic mass is 16.3. The molecule has 2 nitrogen and oxygen atoms in total. The molecule has 0 spiro atoms. The molecule has 0 aromatic heterocycles. The number of nitrogens with one attached hydrogen (secondary N) is 1. The van der Waals surface area contributed by atoms with Crippen molar-refractivity contribution in [1.82, 2.24) is 0 Å². The van der Waals surface area contributed by atoms with Crippen LogP contribution >= 0.6 is 0 Å². The normalized spacial score (nSPS) is 12.7. The van der Waals surface area contributed by atoms with Crippen molar-refractivity contribution in [3.63, 3.8) is 0 Å². The number of hydrogen-bond acceptors (Lipinski definition) is 1. The van der Waals surface area contributed by atoms with Crippen molar-refractivity contribution in [3.8, 4) is 0 Å². The zero-order valence-corrected chi connectivity index (χ0v) is 9.79. The van der Waals surface area contributed by atoms with E-state index in [4.69, 9.17) is 5.11 Å². The minimum Gasteiger partial charge on any atom is -0.391 e. The lowest BCUT2D eigenvalue weighted by Gasteiger charge is -2.18. The van der Waals surface area contributed by atoms with Crippen molar-refractivity contribution in [3.05, 3.63) is 35.4 Å². The van der Waals surface area contributed by atoms with Gasteiger partial charge in [0.05, 0.1) is 13.2 Å². The lowest BCUT2D eigenvalue weighted by atomic mass is 10.1. The number of rotatable bonds is 6. The maximum absolute atomic E-state index is 8.99. The Kier molecular flexibility index (Phi) is 5.37. The van der Waals surface area contributed by atoms with E-state index < -0.39 is 0 Å². The zero-order chi connectivity index (χ0) is 11.1. The number of aryl methyl sites for hydroxylation is 1. The molecular formula is C13H22NO+. The zero-order valence-electron chi connectivity index (χ0n) is 9.79. The van der Waals surface area contributed by atoms with Crippen molar-refractivity contribution in [2.45, 2.75) is 26.8 Å². The molecule has 1 atom stereocenters. The van der Waals surface area contributed by atoms with Crippen molar-refractivity contribution in [2.75, 3.05) is 19.7 Å². The predicted molar refractivity (Wildman–Crippen MR) is 63.0 cm³/mol. The molecule has 1 rings (SSSR count). The molecule has 1 aromatic rings. The summed E-state index contributed by atoms with van der Waals surface area (Å²) in [6.07, 6.45) is 1.17. The van der Waals surface area contributed by atoms with Crippen LogP contribution in [0.3, 0.4) is 0 Å². The fourth-order valence-electron chi connectivity index (χ4n) is 1.89. The van der Waals surface area contributed by atoms with Gasteiger partial charge in [0.15, 0.2) is 0 Å². The number of benzene rings is 1. The number of quaternary nitrogens is 1. The van der Waals surface area contributed by atoms with Gasteiger partial charge in [-0.1, -0.05) is 31.2 Å². The van der Waals surface area contributed by atoms with Gasteiger partial charge in [-0.2, -0.15) is 0 Å². The molecule has 2 N–H and O–H groups in total. The summed E-state index contributed by atoms with van der Waals surface area (Å²) in [6.45, 7) is 7.63.